The molecule has 1 aliphatic rings. The van der Waals surface area contributed by atoms with Crippen LogP contribution in [-0.4, -0.2) is 22.2 Å². The summed E-state index contributed by atoms with van der Waals surface area (Å²) in [6.07, 6.45) is 1.50. The third-order valence-corrected chi connectivity index (χ3v) is 4.97. The highest BCUT2D eigenvalue weighted by atomic mass is 16.2. The number of aryl methyl sites for hydroxylation is 1. The van der Waals surface area contributed by atoms with Crippen LogP contribution in [0.5, 0.6) is 0 Å². The lowest BCUT2D eigenvalue weighted by molar-refractivity contribution is 0.0941. The lowest BCUT2D eigenvalue weighted by Gasteiger charge is -2.07. The lowest BCUT2D eigenvalue weighted by Crippen LogP contribution is -2.29. The Kier molecular flexibility index (Phi) is 2.68. The summed E-state index contributed by atoms with van der Waals surface area (Å²) in [5.41, 5.74) is 7.14. The van der Waals surface area contributed by atoms with Crippen molar-refractivity contribution in [1.82, 2.24) is 15.1 Å². The molecular weight excluding hydrogens is 228 g/mol. The van der Waals surface area contributed by atoms with Gasteiger partial charge in [0.1, 0.15) is 5.69 Å². The minimum absolute atomic E-state index is 0.147. The van der Waals surface area contributed by atoms with E-state index in [-0.39, 0.29) is 16.7 Å². The molecule has 3 N–H and O–H groups in total. The van der Waals surface area contributed by atoms with Crippen molar-refractivity contribution in [3.63, 3.8) is 0 Å². The molecule has 0 spiro atoms. The number of anilines is 1. The molecule has 0 unspecified atom stereocenters. The number of hydrogen-bond donors (Lipinski definition) is 2. The van der Waals surface area contributed by atoms with E-state index in [9.17, 15) is 4.79 Å². The SMILES string of the molecule is Cn1ncc(N)c1C(=O)NCC1C(C)(C)C1(C)C. The van der Waals surface area contributed by atoms with Crippen molar-refractivity contribution in [3.05, 3.63) is 11.9 Å². The summed E-state index contributed by atoms with van der Waals surface area (Å²) in [5.74, 6) is 0.356. The van der Waals surface area contributed by atoms with E-state index in [1.807, 2.05) is 0 Å². The summed E-state index contributed by atoms with van der Waals surface area (Å²) in [6.45, 7) is 9.64. The molecule has 5 nitrogen and oxygen atoms in total. The monoisotopic (exact) mass is 250 g/mol. The van der Waals surface area contributed by atoms with Crippen molar-refractivity contribution in [2.75, 3.05) is 12.3 Å². The van der Waals surface area contributed by atoms with Gasteiger partial charge in [0.25, 0.3) is 5.91 Å². The van der Waals surface area contributed by atoms with Crippen LogP contribution in [0.15, 0.2) is 6.20 Å². The molecule has 100 valence electrons. The third-order valence-electron chi connectivity index (χ3n) is 4.97. The topological polar surface area (TPSA) is 72.9 Å². The van der Waals surface area contributed by atoms with Crippen molar-refractivity contribution in [2.24, 2.45) is 23.8 Å². The fourth-order valence-electron chi connectivity index (χ4n) is 2.85. The van der Waals surface area contributed by atoms with Crippen LogP contribution in [0, 0.1) is 16.7 Å². The minimum atomic E-state index is -0.147. The number of carbonyl (C=O) groups excluding carboxylic acids is 1. The molecule has 5 heteroatoms. The smallest absolute Gasteiger partial charge is 0.271 e. The van der Waals surface area contributed by atoms with Crippen molar-refractivity contribution in [1.29, 1.82) is 0 Å². The van der Waals surface area contributed by atoms with E-state index >= 15 is 0 Å². The van der Waals surface area contributed by atoms with Crippen LogP contribution >= 0.6 is 0 Å². The Morgan fingerprint density at radius 3 is 2.39 bits per heavy atom. The first kappa shape index (κ1) is 12.9. The van der Waals surface area contributed by atoms with E-state index < -0.39 is 0 Å². The third kappa shape index (κ3) is 1.69. The first-order valence-electron chi connectivity index (χ1n) is 6.25. The number of aromatic nitrogens is 2. The fourth-order valence-corrected chi connectivity index (χ4v) is 2.85. The van der Waals surface area contributed by atoms with Crippen LogP contribution in [0.25, 0.3) is 0 Å². The van der Waals surface area contributed by atoms with Crippen LogP contribution in [0.2, 0.25) is 0 Å². The van der Waals surface area contributed by atoms with Gasteiger partial charge in [-0.1, -0.05) is 27.7 Å². The molecule has 0 bridgehead atoms. The Morgan fingerprint density at radius 1 is 1.44 bits per heavy atom. The fraction of sp³-hybridized carbons (Fsp3) is 0.692. The Balaban J connectivity index is 1.99. The van der Waals surface area contributed by atoms with Gasteiger partial charge in [0.2, 0.25) is 0 Å². The van der Waals surface area contributed by atoms with E-state index in [1.165, 1.54) is 10.9 Å². The molecule has 1 amide bonds. The number of rotatable bonds is 3. The highest BCUT2D eigenvalue weighted by molar-refractivity contribution is 5.97. The molecule has 2 rings (SSSR count). The van der Waals surface area contributed by atoms with E-state index in [2.05, 4.69) is 38.1 Å². The second kappa shape index (κ2) is 3.73. The van der Waals surface area contributed by atoms with E-state index in [1.54, 1.807) is 7.05 Å². The molecule has 0 aromatic carbocycles. The minimum Gasteiger partial charge on any atom is -0.396 e. The van der Waals surface area contributed by atoms with Gasteiger partial charge in [-0.15, -0.1) is 0 Å². The molecule has 0 saturated heterocycles. The Hall–Kier alpha value is -1.52. The van der Waals surface area contributed by atoms with Crippen molar-refractivity contribution in [3.8, 4) is 0 Å². The van der Waals surface area contributed by atoms with Crippen LogP contribution in [0.3, 0.4) is 0 Å². The molecule has 1 saturated carbocycles. The molecule has 1 aromatic heterocycles. The number of amides is 1. The van der Waals surface area contributed by atoms with Crippen LogP contribution in [-0.2, 0) is 7.05 Å². The predicted octanol–water partition coefficient (Wildman–Crippen LogP) is 1.41. The zero-order chi connectivity index (χ0) is 13.7. The largest absolute Gasteiger partial charge is 0.396 e. The molecule has 0 aliphatic heterocycles. The van der Waals surface area contributed by atoms with Crippen LogP contribution in [0.1, 0.15) is 38.2 Å². The summed E-state index contributed by atoms with van der Waals surface area (Å²) < 4.78 is 1.51. The Labute approximate surface area is 108 Å². The zero-order valence-electron chi connectivity index (χ0n) is 11.7. The maximum Gasteiger partial charge on any atom is 0.271 e. The molecular formula is C13H22N4O. The average molecular weight is 250 g/mol. The standard InChI is InChI=1S/C13H22N4O/c1-12(2)9(13(12,3)4)7-15-11(18)10-8(14)6-16-17(10)5/h6,9H,7,14H2,1-5H3,(H,15,18). The Bertz CT molecular complexity index is 454. The van der Waals surface area contributed by atoms with Crippen LogP contribution < -0.4 is 11.1 Å². The first-order chi connectivity index (χ1) is 8.19. The highest BCUT2D eigenvalue weighted by Gasteiger charge is 2.64. The molecule has 1 aliphatic carbocycles. The zero-order valence-corrected chi connectivity index (χ0v) is 11.7. The molecule has 1 heterocycles. The van der Waals surface area contributed by atoms with Gasteiger partial charge < -0.3 is 11.1 Å². The quantitative estimate of drug-likeness (QED) is 0.852. The van der Waals surface area contributed by atoms with Gasteiger partial charge in [-0.3, -0.25) is 9.48 Å². The van der Waals surface area contributed by atoms with Gasteiger partial charge in [0, 0.05) is 13.6 Å². The number of hydrogen-bond acceptors (Lipinski definition) is 3. The first-order valence-corrected chi connectivity index (χ1v) is 6.25. The number of nitrogens with zero attached hydrogens (tertiary/aromatic N) is 2. The van der Waals surface area contributed by atoms with Gasteiger partial charge in [-0.2, -0.15) is 5.10 Å². The van der Waals surface area contributed by atoms with E-state index in [0.29, 0.717) is 23.8 Å². The second-order valence-corrected chi connectivity index (χ2v) is 6.28. The number of nitrogens with two attached hydrogens (primary N) is 1. The van der Waals surface area contributed by atoms with Crippen molar-refractivity contribution >= 4 is 11.6 Å². The summed E-state index contributed by atoms with van der Waals surface area (Å²) in [5, 5.41) is 6.93. The normalized spacial score (nSPS) is 20.7. The van der Waals surface area contributed by atoms with Gasteiger partial charge in [0.15, 0.2) is 0 Å². The maximum atomic E-state index is 12.0. The highest BCUT2D eigenvalue weighted by Crippen LogP contribution is 2.67. The molecule has 18 heavy (non-hydrogen) atoms. The van der Waals surface area contributed by atoms with E-state index in [0.717, 1.165) is 0 Å². The van der Waals surface area contributed by atoms with Crippen LogP contribution in [0.4, 0.5) is 5.69 Å². The summed E-state index contributed by atoms with van der Waals surface area (Å²) in [7, 11) is 1.72. The molecule has 0 radical (unpaired) electrons. The van der Waals surface area contributed by atoms with E-state index in [4.69, 9.17) is 5.73 Å². The Morgan fingerprint density at radius 2 is 2.00 bits per heavy atom. The lowest BCUT2D eigenvalue weighted by atomic mass is 10.0. The maximum absolute atomic E-state index is 12.0. The average Bonchev–Trinajstić information content (AvgIpc) is 2.54. The second-order valence-electron chi connectivity index (χ2n) is 6.28. The van der Waals surface area contributed by atoms with Gasteiger partial charge in [-0.25, -0.2) is 0 Å². The summed E-state index contributed by atoms with van der Waals surface area (Å²) >= 11 is 0. The van der Waals surface area contributed by atoms with Gasteiger partial charge >= 0.3 is 0 Å². The summed E-state index contributed by atoms with van der Waals surface area (Å²) in [6, 6.07) is 0. The summed E-state index contributed by atoms with van der Waals surface area (Å²) in [4.78, 5) is 12.0. The molecule has 0 atom stereocenters. The van der Waals surface area contributed by atoms with Gasteiger partial charge in [-0.05, 0) is 16.7 Å². The number of nitrogen functional groups attached to an aromatic ring is 1. The van der Waals surface area contributed by atoms with Crippen molar-refractivity contribution in [2.45, 2.75) is 27.7 Å². The predicted molar refractivity (Wildman–Crippen MR) is 71.0 cm³/mol. The molecule has 1 fully saturated rings. The number of carbonyl (C=O) groups is 1. The molecule has 1 aromatic rings. The van der Waals surface area contributed by atoms with Gasteiger partial charge in [0.05, 0.1) is 11.9 Å². The number of nitrogens with one attached hydrogen (secondary N) is 1. The van der Waals surface area contributed by atoms with Crippen molar-refractivity contribution < 1.29 is 4.79 Å².